The molecule has 1 amide bonds. The summed E-state index contributed by atoms with van der Waals surface area (Å²) in [6.07, 6.45) is 21.7. The van der Waals surface area contributed by atoms with Crippen LogP contribution in [0.5, 0.6) is 0 Å². The van der Waals surface area contributed by atoms with E-state index in [-0.39, 0.29) is 35.2 Å². The van der Waals surface area contributed by atoms with Gasteiger partial charge in [-0.25, -0.2) is 0 Å². The first-order valence-electron chi connectivity index (χ1n) is 21.1. The van der Waals surface area contributed by atoms with Crippen molar-refractivity contribution in [2.75, 3.05) is 53.9 Å². The number of unbranched alkanes of at least 4 members (excludes halogenated alkanes) is 4. The minimum absolute atomic E-state index is 0.0155. The van der Waals surface area contributed by atoms with Gasteiger partial charge in [0, 0.05) is 63.9 Å². The van der Waals surface area contributed by atoms with Crippen molar-refractivity contribution < 1.29 is 35.5 Å². The molecule has 2 heterocycles. The smallest absolute Gasteiger partial charge is 0.264 e. The first-order valence-corrected chi connectivity index (χ1v) is 26.8. The molecule has 1 saturated heterocycles. The number of likely N-dealkylation sites (tertiary alicyclic amines) is 1. The van der Waals surface area contributed by atoms with Crippen molar-refractivity contribution in [3.63, 3.8) is 0 Å². The third-order valence-electron chi connectivity index (χ3n) is 11.7. The minimum atomic E-state index is -4.07. The summed E-state index contributed by atoms with van der Waals surface area (Å²) in [5.74, 6) is -0.533. The number of fused-ring (bicyclic) bond motifs is 1. The lowest BCUT2D eigenvalue weighted by molar-refractivity contribution is -0.131. The lowest BCUT2D eigenvalue weighted by Crippen LogP contribution is -2.29. The number of ketones is 1. The van der Waals surface area contributed by atoms with Crippen LogP contribution in [-0.4, -0.2) is 86.2 Å². The summed E-state index contributed by atoms with van der Waals surface area (Å²) in [5.41, 5.74) is 5.74. The fourth-order valence-corrected chi connectivity index (χ4v) is 10.2. The molecule has 2 aliphatic rings. The van der Waals surface area contributed by atoms with E-state index in [0.29, 0.717) is 64.3 Å². The molecule has 2 aromatic rings. The minimum Gasteiger partial charge on any atom is -0.385 e. The van der Waals surface area contributed by atoms with Crippen LogP contribution in [0.15, 0.2) is 94.5 Å². The summed E-state index contributed by atoms with van der Waals surface area (Å²) in [5, 5.41) is 3.48. The average molecular weight is 916 g/mol. The molecule has 0 saturated carbocycles. The number of thioether (sulfide) groups is 2. The fourth-order valence-electron chi connectivity index (χ4n) is 8.14. The largest absolute Gasteiger partial charge is 0.385 e. The number of carbonyl (C=O) groups excluding carboxylic acids is 2. The van der Waals surface area contributed by atoms with Crippen molar-refractivity contribution in [3.8, 4) is 0 Å². The van der Waals surface area contributed by atoms with Gasteiger partial charge in [0.05, 0.1) is 18.1 Å². The standard InChI is InChI=1S/C46H65N3O8S4/c1-35-20-25-44(51)49(35)34-36(50)18-10-9-15-29-48-42-24-22-38(59-6)33-40(42)45(2,3)43(48)19-11-7-8-12-26-46(4,27-13-16-30-60(52,53)54)39-32-37(58-5)21-23-41(39)47-28-14-17-31-61(55,56)57/h7-8,11-12,19,21-24,32-33,47H,1,9-10,13-18,20,25-31,34H2,2-6H3,(H,52,53,54)(H,55,56,57)/b11-7+,12-8+,43-19+. The Hall–Kier alpha value is -3.34. The highest BCUT2D eigenvalue weighted by Crippen LogP contribution is 2.49. The highest BCUT2D eigenvalue weighted by molar-refractivity contribution is 7.98. The maximum absolute atomic E-state index is 12.7. The maximum Gasteiger partial charge on any atom is 0.264 e. The van der Waals surface area contributed by atoms with Gasteiger partial charge in [-0.3, -0.25) is 18.7 Å². The van der Waals surface area contributed by atoms with E-state index in [1.807, 2.05) is 30.5 Å². The molecule has 336 valence electrons. The van der Waals surface area contributed by atoms with E-state index in [4.69, 9.17) is 4.55 Å². The molecule has 2 aliphatic heterocycles. The Bertz CT molecular complexity index is 2170. The summed E-state index contributed by atoms with van der Waals surface area (Å²) in [7, 11) is -8.10. The van der Waals surface area contributed by atoms with Crippen LogP contribution < -0.4 is 10.2 Å². The Kier molecular flexibility index (Phi) is 18.8. The molecular formula is C46H65N3O8S4. The first kappa shape index (κ1) is 50.3. The monoisotopic (exact) mass is 915 g/mol. The zero-order valence-electron chi connectivity index (χ0n) is 36.5. The Labute approximate surface area is 373 Å². The summed E-state index contributed by atoms with van der Waals surface area (Å²) in [6.45, 7) is 12.1. The van der Waals surface area contributed by atoms with Gasteiger partial charge in [-0.15, -0.1) is 23.5 Å². The first-order chi connectivity index (χ1) is 28.8. The van der Waals surface area contributed by atoms with Crippen LogP contribution in [-0.2, 0) is 40.7 Å². The molecule has 2 aromatic carbocycles. The van der Waals surface area contributed by atoms with Crippen LogP contribution >= 0.6 is 23.5 Å². The van der Waals surface area contributed by atoms with Crippen LogP contribution in [0.25, 0.3) is 0 Å². The van der Waals surface area contributed by atoms with Crippen molar-refractivity contribution in [1.29, 1.82) is 0 Å². The quantitative estimate of drug-likeness (QED) is 0.0355. The molecule has 4 rings (SSSR count). The second-order valence-electron chi connectivity index (χ2n) is 16.8. The molecule has 0 aromatic heterocycles. The number of rotatable bonds is 26. The molecule has 1 unspecified atom stereocenters. The number of benzene rings is 2. The molecular weight excluding hydrogens is 851 g/mol. The number of Topliss-reactive ketones (excluding diaryl/α,β-unsaturated/α-hetero) is 1. The normalized spacial score (nSPS) is 17.3. The van der Waals surface area contributed by atoms with Gasteiger partial charge in [-0.2, -0.15) is 16.8 Å². The molecule has 11 nitrogen and oxygen atoms in total. The fraction of sp³-hybridized carbons (Fsp3) is 0.522. The predicted molar refractivity (Wildman–Crippen MR) is 253 cm³/mol. The Balaban J connectivity index is 1.49. The molecule has 0 radical (unpaired) electrons. The summed E-state index contributed by atoms with van der Waals surface area (Å²) in [6, 6.07) is 12.9. The van der Waals surface area contributed by atoms with E-state index in [1.165, 1.54) is 26.7 Å². The molecule has 61 heavy (non-hydrogen) atoms. The Morgan fingerprint density at radius 3 is 2.20 bits per heavy atom. The second kappa shape index (κ2) is 22.8. The molecule has 15 heteroatoms. The predicted octanol–water partition coefficient (Wildman–Crippen LogP) is 9.98. The maximum atomic E-state index is 12.7. The van der Waals surface area contributed by atoms with E-state index < -0.39 is 25.7 Å². The van der Waals surface area contributed by atoms with E-state index in [1.54, 1.807) is 23.5 Å². The third kappa shape index (κ3) is 15.2. The zero-order chi connectivity index (χ0) is 44.8. The van der Waals surface area contributed by atoms with Crippen LogP contribution in [0.4, 0.5) is 11.4 Å². The van der Waals surface area contributed by atoms with Gasteiger partial charge in [0.2, 0.25) is 5.91 Å². The van der Waals surface area contributed by atoms with E-state index in [9.17, 15) is 31.0 Å². The molecule has 0 bridgehead atoms. The second-order valence-corrected chi connectivity index (χ2v) is 21.7. The van der Waals surface area contributed by atoms with Gasteiger partial charge < -0.3 is 15.1 Å². The number of hydrogen-bond donors (Lipinski definition) is 3. The van der Waals surface area contributed by atoms with Crippen LogP contribution in [0.1, 0.15) is 109 Å². The van der Waals surface area contributed by atoms with Gasteiger partial charge in [-0.05, 0) is 123 Å². The Morgan fingerprint density at radius 2 is 1.54 bits per heavy atom. The average Bonchev–Trinajstić information content (AvgIpc) is 3.62. The Morgan fingerprint density at radius 1 is 0.869 bits per heavy atom. The van der Waals surface area contributed by atoms with E-state index in [0.717, 1.165) is 47.7 Å². The SMILES string of the molecule is C=C1CCC(=O)N1CC(=O)CCCCCN1/C(=C/C=C/C=C/CC(C)(CCCCS(=O)(=O)O)c2cc(SC)ccc2NCCCCS(=O)(=O)O)C(C)(C)c2cc(SC)ccc21. The third-order valence-corrected chi connectivity index (χ3v) is 14.7. The van der Waals surface area contributed by atoms with E-state index in [2.05, 4.69) is 86.3 Å². The zero-order valence-corrected chi connectivity index (χ0v) is 39.7. The highest BCUT2D eigenvalue weighted by atomic mass is 32.2. The van der Waals surface area contributed by atoms with Crippen LogP contribution in [0.2, 0.25) is 0 Å². The number of carbonyl (C=O) groups is 2. The number of anilines is 2. The van der Waals surface area contributed by atoms with Gasteiger partial charge in [0.1, 0.15) is 0 Å². The highest BCUT2D eigenvalue weighted by Gasteiger charge is 2.39. The number of nitrogens with one attached hydrogen (secondary N) is 1. The summed E-state index contributed by atoms with van der Waals surface area (Å²) < 4.78 is 64.0. The number of allylic oxidation sites excluding steroid dienone is 7. The topological polar surface area (TPSA) is 161 Å². The van der Waals surface area contributed by atoms with Gasteiger partial charge >= 0.3 is 0 Å². The number of nitrogens with zero attached hydrogens (tertiary/aromatic N) is 2. The summed E-state index contributed by atoms with van der Waals surface area (Å²) >= 11 is 3.35. The number of amides is 1. The van der Waals surface area contributed by atoms with Crippen LogP contribution in [0.3, 0.4) is 0 Å². The molecule has 1 fully saturated rings. The lowest BCUT2D eigenvalue weighted by Gasteiger charge is -2.32. The van der Waals surface area contributed by atoms with Gasteiger partial charge in [0.15, 0.2) is 5.78 Å². The van der Waals surface area contributed by atoms with Crippen molar-refractivity contribution in [1.82, 2.24) is 4.90 Å². The van der Waals surface area contributed by atoms with Crippen molar-refractivity contribution in [2.45, 2.75) is 118 Å². The molecule has 1 atom stereocenters. The van der Waals surface area contributed by atoms with Crippen molar-refractivity contribution >= 4 is 66.8 Å². The van der Waals surface area contributed by atoms with E-state index >= 15 is 0 Å². The summed E-state index contributed by atoms with van der Waals surface area (Å²) in [4.78, 5) is 31.0. The van der Waals surface area contributed by atoms with Gasteiger partial charge in [-0.1, -0.05) is 64.5 Å². The van der Waals surface area contributed by atoms with Crippen molar-refractivity contribution in [3.05, 3.63) is 95.9 Å². The van der Waals surface area contributed by atoms with Crippen LogP contribution in [0, 0.1) is 0 Å². The molecule has 3 N–H and O–H groups in total. The van der Waals surface area contributed by atoms with Crippen molar-refractivity contribution in [2.24, 2.45) is 0 Å². The molecule has 0 aliphatic carbocycles. The lowest BCUT2D eigenvalue weighted by atomic mass is 9.74. The molecule has 0 spiro atoms. The van der Waals surface area contributed by atoms with Gasteiger partial charge in [0.25, 0.3) is 20.2 Å². The number of hydrogen-bond acceptors (Lipinski definition) is 10.